The number of carbonyl (C=O) groups is 2. The van der Waals surface area contributed by atoms with Crippen LogP contribution in [0.3, 0.4) is 0 Å². The smallest absolute Gasteiger partial charge is 0.313 e. The second-order valence-electron chi connectivity index (χ2n) is 6.01. The molecule has 0 saturated heterocycles. The highest BCUT2D eigenvalue weighted by molar-refractivity contribution is 6.40. The maximum absolute atomic E-state index is 12.2. The lowest BCUT2D eigenvalue weighted by atomic mass is 9.90. The summed E-state index contributed by atoms with van der Waals surface area (Å²) < 4.78 is 5.69. The Morgan fingerprint density at radius 3 is 2.42 bits per heavy atom. The van der Waals surface area contributed by atoms with Gasteiger partial charge in [-0.05, 0) is 36.6 Å². The van der Waals surface area contributed by atoms with E-state index in [-0.39, 0.29) is 6.54 Å². The lowest BCUT2D eigenvalue weighted by Crippen LogP contribution is -2.45. The Hall–Kier alpha value is -2.37. The van der Waals surface area contributed by atoms with E-state index in [9.17, 15) is 9.59 Å². The van der Waals surface area contributed by atoms with Gasteiger partial charge in [-0.25, -0.2) is 0 Å². The summed E-state index contributed by atoms with van der Waals surface area (Å²) in [5, 5.41) is 5.74. The first-order valence-corrected chi connectivity index (χ1v) is 8.75. The number of anilines is 1. The molecule has 2 aromatic carbocycles. The predicted molar refractivity (Wildman–Crippen MR) is 103 cm³/mol. The minimum atomic E-state index is -0.746. The van der Waals surface area contributed by atoms with Gasteiger partial charge in [0.1, 0.15) is 5.60 Å². The van der Waals surface area contributed by atoms with E-state index >= 15 is 0 Å². The molecular formula is C20H23ClN2O3. The second kappa shape index (κ2) is 8.83. The summed E-state index contributed by atoms with van der Waals surface area (Å²) in [5.74, 6) is -1.47. The Morgan fingerprint density at radius 1 is 1.12 bits per heavy atom. The molecule has 0 aliphatic rings. The molecule has 2 N–H and O–H groups in total. The standard InChI is InChI=1S/C20H23ClN2O3/c1-4-20(26-3,15-8-6-5-7-9-15)13-22-18(24)19(25)23-17-12-16(21)11-10-14(17)2/h5-12H,4,13H2,1-3H3,(H,22,24)(H,23,25). The first-order valence-electron chi connectivity index (χ1n) is 8.38. The number of amides is 2. The Labute approximate surface area is 158 Å². The van der Waals surface area contributed by atoms with Gasteiger partial charge < -0.3 is 15.4 Å². The van der Waals surface area contributed by atoms with Gasteiger partial charge in [0.05, 0.1) is 6.54 Å². The van der Waals surface area contributed by atoms with Crippen molar-refractivity contribution in [3.8, 4) is 0 Å². The number of hydrogen-bond acceptors (Lipinski definition) is 3. The number of methoxy groups -OCH3 is 1. The highest BCUT2D eigenvalue weighted by Crippen LogP contribution is 2.28. The molecular weight excluding hydrogens is 352 g/mol. The third-order valence-electron chi connectivity index (χ3n) is 4.45. The van der Waals surface area contributed by atoms with Crippen molar-refractivity contribution >= 4 is 29.1 Å². The number of benzene rings is 2. The Kier molecular flexibility index (Phi) is 6.77. The van der Waals surface area contributed by atoms with Crippen LogP contribution in [0.5, 0.6) is 0 Å². The molecule has 0 saturated carbocycles. The zero-order valence-corrected chi connectivity index (χ0v) is 15.9. The monoisotopic (exact) mass is 374 g/mol. The number of halogens is 1. The molecule has 0 bridgehead atoms. The fourth-order valence-electron chi connectivity index (χ4n) is 2.72. The van der Waals surface area contributed by atoms with Gasteiger partial charge in [0.2, 0.25) is 0 Å². The van der Waals surface area contributed by atoms with Crippen LogP contribution in [-0.4, -0.2) is 25.5 Å². The molecule has 138 valence electrons. The van der Waals surface area contributed by atoms with Gasteiger partial charge in [-0.3, -0.25) is 9.59 Å². The third kappa shape index (κ3) is 4.62. The number of nitrogens with one attached hydrogen (secondary N) is 2. The largest absolute Gasteiger partial charge is 0.372 e. The van der Waals surface area contributed by atoms with Crippen molar-refractivity contribution in [3.63, 3.8) is 0 Å². The zero-order valence-electron chi connectivity index (χ0n) is 15.1. The summed E-state index contributed by atoms with van der Waals surface area (Å²) in [4.78, 5) is 24.4. The van der Waals surface area contributed by atoms with Gasteiger partial charge in [-0.15, -0.1) is 0 Å². The molecule has 0 aromatic heterocycles. The summed E-state index contributed by atoms with van der Waals surface area (Å²) in [6, 6.07) is 14.7. The minimum Gasteiger partial charge on any atom is -0.372 e. The molecule has 5 nitrogen and oxygen atoms in total. The fourth-order valence-corrected chi connectivity index (χ4v) is 2.89. The number of hydrogen-bond donors (Lipinski definition) is 2. The van der Waals surface area contributed by atoms with Crippen molar-refractivity contribution in [3.05, 3.63) is 64.7 Å². The Bertz CT molecular complexity index is 774. The van der Waals surface area contributed by atoms with E-state index in [1.807, 2.05) is 44.2 Å². The average molecular weight is 375 g/mol. The van der Waals surface area contributed by atoms with Crippen molar-refractivity contribution in [2.45, 2.75) is 25.9 Å². The molecule has 0 fully saturated rings. The van der Waals surface area contributed by atoms with Gasteiger partial charge in [-0.1, -0.05) is 54.9 Å². The molecule has 0 radical (unpaired) electrons. The number of ether oxygens (including phenoxy) is 1. The average Bonchev–Trinajstić information content (AvgIpc) is 2.66. The topological polar surface area (TPSA) is 67.4 Å². The summed E-state index contributed by atoms with van der Waals surface area (Å²) in [6.45, 7) is 3.98. The van der Waals surface area contributed by atoms with E-state index in [1.54, 1.807) is 25.3 Å². The maximum atomic E-state index is 12.2. The van der Waals surface area contributed by atoms with Crippen LogP contribution < -0.4 is 10.6 Å². The summed E-state index contributed by atoms with van der Waals surface area (Å²) in [6.07, 6.45) is 0.642. The first kappa shape index (κ1) is 19.9. The van der Waals surface area contributed by atoms with Crippen LogP contribution in [0.4, 0.5) is 5.69 Å². The van der Waals surface area contributed by atoms with Crippen molar-refractivity contribution in [1.82, 2.24) is 5.32 Å². The summed E-state index contributed by atoms with van der Waals surface area (Å²) in [7, 11) is 1.60. The van der Waals surface area contributed by atoms with Gasteiger partial charge in [0.25, 0.3) is 0 Å². The Morgan fingerprint density at radius 2 is 1.81 bits per heavy atom. The molecule has 0 aliphatic carbocycles. The third-order valence-corrected chi connectivity index (χ3v) is 4.69. The van der Waals surface area contributed by atoms with Crippen LogP contribution in [0.25, 0.3) is 0 Å². The molecule has 6 heteroatoms. The van der Waals surface area contributed by atoms with Crippen LogP contribution in [0.15, 0.2) is 48.5 Å². The molecule has 1 atom stereocenters. The maximum Gasteiger partial charge on any atom is 0.313 e. The lowest BCUT2D eigenvalue weighted by Gasteiger charge is -2.32. The van der Waals surface area contributed by atoms with Crippen molar-refractivity contribution in [2.24, 2.45) is 0 Å². The Balaban J connectivity index is 2.06. The SMILES string of the molecule is CCC(CNC(=O)C(=O)Nc1cc(Cl)ccc1C)(OC)c1ccccc1. The van der Waals surface area contributed by atoms with E-state index in [2.05, 4.69) is 10.6 Å². The zero-order chi connectivity index (χ0) is 19.2. The first-order chi connectivity index (χ1) is 12.4. The molecule has 2 aromatic rings. The highest BCUT2D eigenvalue weighted by Gasteiger charge is 2.31. The number of aryl methyl sites for hydroxylation is 1. The molecule has 0 spiro atoms. The number of rotatable bonds is 6. The predicted octanol–water partition coefficient (Wildman–Crippen LogP) is 3.66. The molecule has 0 heterocycles. The summed E-state index contributed by atoms with van der Waals surface area (Å²) in [5.41, 5.74) is 1.58. The van der Waals surface area contributed by atoms with Crippen molar-refractivity contribution < 1.29 is 14.3 Å². The van der Waals surface area contributed by atoms with Crippen LogP contribution in [0.1, 0.15) is 24.5 Å². The van der Waals surface area contributed by atoms with E-state index in [0.29, 0.717) is 17.1 Å². The highest BCUT2D eigenvalue weighted by atomic mass is 35.5. The molecule has 0 aliphatic heterocycles. The van der Waals surface area contributed by atoms with Crippen LogP contribution in [0.2, 0.25) is 5.02 Å². The van der Waals surface area contributed by atoms with Crippen LogP contribution in [-0.2, 0) is 19.9 Å². The molecule has 2 amide bonds. The van der Waals surface area contributed by atoms with Crippen LogP contribution >= 0.6 is 11.6 Å². The van der Waals surface area contributed by atoms with E-state index in [0.717, 1.165) is 11.1 Å². The lowest BCUT2D eigenvalue weighted by molar-refractivity contribution is -0.137. The second-order valence-corrected chi connectivity index (χ2v) is 6.45. The fraction of sp³-hybridized carbons (Fsp3) is 0.300. The van der Waals surface area contributed by atoms with Gasteiger partial charge >= 0.3 is 11.8 Å². The van der Waals surface area contributed by atoms with Crippen molar-refractivity contribution in [2.75, 3.05) is 19.0 Å². The molecule has 26 heavy (non-hydrogen) atoms. The normalized spacial score (nSPS) is 12.9. The van der Waals surface area contributed by atoms with Crippen molar-refractivity contribution in [1.29, 1.82) is 0 Å². The molecule has 2 rings (SSSR count). The van der Waals surface area contributed by atoms with E-state index < -0.39 is 17.4 Å². The van der Waals surface area contributed by atoms with Gasteiger partial charge in [0, 0.05) is 17.8 Å². The van der Waals surface area contributed by atoms with E-state index in [4.69, 9.17) is 16.3 Å². The quantitative estimate of drug-likeness (QED) is 0.758. The van der Waals surface area contributed by atoms with Crippen LogP contribution in [0, 0.1) is 6.92 Å². The minimum absolute atomic E-state index is 0.185. The molecule has 1 unspecified atom stereocenters. The summed E-state index contributed by atoms with van der Waals surface area (Å²) >= 11 is 5.94. The van der Waals surface area contributed by atoms with Gasteiger partial charge in [0.15, 0.2) is 0 Å². The number of carbonyl (C=O) groups excluding carboxylic acids is 2. The van der Waals surface area contributed by atoms with Gasteiger partial charge in [-0.2, -0.15) is 0 Å². The van der Waals surface area contributed by atoms with E-state index in [1.165, 1.54) is 0 Å².